The third-order valence-corrected chi connectivity index (χ3v) is 9.52. The maximum absolute atomic E-state index is 14.9. The molecule has 4 aliphatic heterocycles. The Balaban J connectivity index is 1.67. The number of fused-ring (bicyclic) bond motifs is 2. The lowest BCUT2D eigenvalue weighted by Crippen LogP contribution is -2.59. The second kappa shape index (κ2) is 12.7. The average Bonchev–Trinajstić information content (AvgIpc) is 3.55. The Kier molecular flexibility index (Phi) is 9.37. The lowest BCUT2D eigenvalue weighted by atomic mass is 9.74. The highest BCUT2D eigenvalue weighted by atomic mass is 79.9. The Morgan fingerprint density at radius 2 is 1.91 bits per heavy atom. The molecule has 43 heavy (non-hydrogen) atoms. The molecule has 10 nitrogen and oxygen atoms in total. The number of para-hydroxylation sites is 1. The van der Waals surface area contributed by atoms with Crippen molar-refractivity contribution in [3.63, 3.8) is 0 Å². The van der Waals surface area contributed by atoms with Crippen LogP contribution >= 0.6 is 27.5 Å². The molecule has 5 rings (SSSR count). The van der Waals surface area contributed by atoms with Crippen LogP contribution in [-0.4, -0.2) is 83.3 Å². The quantitative estimate of drug-likeness (QED) is 0.362. The smallest absolute Gasteiger partial charge is 0.313 e. The first kappa shape index (κ1) is 31.7. The van der Waals surface area contributed by atoms with Crippen LogP contribution in [0.1, 0.15) is 40.0 Å². The summed E-state index contributed by atoms with van der Waals surface area (Å²) in [5.74, 6) is -3.75. The molecule has 0 aromatic heterocycles. The summed E-state index contributed by atoms with van der Waals surface area (Å²) < 4.78 is 12.8. The van der Waals surface area contributed by atoms with E-state index in [0.29, 0.717) is 28.0 Å². The lowest BCUT2D eigenvalue weighted by molar-refractivity contribution is -0.159. The molecule has 0 radical (unpaired) electrons. The molecule has 12 heteroatoms. The number of anilines is 1. The normalized spacial score (nSPS) is 32.9. The van der Waals surface area contributed by atoms with E-state index in [4.69, 9.17) is 21.1 Å². The number of rotatable bonds is 5. The van der Waals surface area contributed by atoms with Crippen molar-refractivity contribution < 1.29 is 33.8 Å². The fourth-order valence-electron chi connectivity index (χ4n) is 6.72. The zero-order valence-electron chi connectivity index (χ0n) is 24.4. The molecule has 2 fully saturated rings. The van der Waals surface area contributed by atoms with Crippen LogP contribution in [0.3, 0.4) is 0 Å². The van der Waals surface area contributed by atoms with Crippen LogP contribution in [0.15, 0.2) is 47.0 Å². The molecule has 1 spiro atoms. The van der Waals surface area contributed by atoms with Crippen molar-refractivity contribution in [2.75, 3.05) is 24.6 Å². The SMILES string of the molecule is CC(C)C[C@H](CO)N1C(=O)[C@H]2[C@@H]3C(=O)O[C@H](C)CNC(=O)CC/C=C\CN(c4ccccc4Cl)C(=O)[C@H]1[C@@]21C=C(Br)[C@@H]3O1. The number of hydrogen-bond donors (Lipinski definition) is 2. The molecule has 0 unspecified atom stereocenters. The molecule has 0 saturated carbocycles. The molecule has 7 atom stereocenters. The second-order valence-corrected chi connectivity index (χ2v) is 13.3. The minimum absolute atomic E-state index is 0.100. The monoisotopic (exact) mass is 677 g/mol. The van der Waals surface area contributed by atoms with E-state index in [-0.39, 0.29) is 37.9 Å². The average molecular weight is 679 g/mol. The summed E-state index contributed by atoms with van der Waals surface area (Å²) in [5.41, 5.74) is -1.05. The Morgan fingerprint density at radius 3 is 2.60 bits per heavy atom. The zero-order valence-corrected chi connectivity index (χ0v) is 26.7. The van der Waals surface area contributed by atoms with Crippen LogP contribution in [0, 0.1) is 17.8 Å². The number of cyclic esters (lactones) is 1. The number of carbonyl (C=O) groups is 4. The van der Waals surface area contributed by atoms with E-state index in [1.165, 1.54) is 9.80 Å². The predicted molar refractivity (Wildman–Crippen MR) is 163 cm³/mol. The summed E-state index contributed by atoms with van der Waals surface area (Å²) in [6.07, 6.45) is 4.92. The minimum atomic E-state index is -1.49. The van der Waals surface area contributed by atoms with E-state index in [0.717, 1.165) is 0 Å². The van der Waals surface area contributed by atoms with E-state index < -0.39 is 59.5 Å². The Morgan fingerprint density at radius 1 is 1.16 bits per heavy atom. The number of benzene rings is 1. The Hall–Kier alpha value is -2.73. The van der Waals surface area contributed by atoms with Crippen molar-refractivity contribution in [3.8, 4) is 0 Å². The molecular weight excluding hydrogens is 642 g/mol. The van der Waals surface area contributed by atoms with Gasteiger partial charge in [-0.05, 0) is 43.9 Å². The van der Waals surface area contributed by atoms with Crippen molar-refractivity contribution in [2.24, 2.45) is 17.8 Å². The highest BCUT2D eigenvalue weighted by Gasteiger charge is 2.75. The molecule has 4 heterocycles. The molecule has 2 saturated heterocycles. The first-order valence-corrected chi connectivity index (χ1v) is 15.8. The maximum Gasteiger partial charge on any atom is 0.313 e. The van der Waals surface area contributed by atoms with Gasteiger partial charge < -0.3 is 29.7 Å². The van der Waals surface area contributed by atoms with Crippen LogP contribution in [-0.2, 0) is 28.7 Å². The summed E-state index contributed by atoms with van der Waals surface area (Å²) >= 11 is 10.1. The van der Waals surface area contributed by atoms with Crippen molar-refractivity contribution in [1.82, 2.24) is 10.2 Å². The first-order valence-electron chi connectivity index (χ1n) is 14.7. The van der Waals surface area contributed by atoms with Gasteiger partial charge in [0.15, 0.2) is 0 Å². The number of nitrogens with zero attached hydrogens (tertiary/aromatic N) is 2. The number of likely N-dealkylation sites (tertiary alicyclic amines) is 1. The molecular formula is C31H37BrClN3O7. The fourth-order valence-corrected chi connectivity index (χ4v) is 7.69. The van der Waals surface area contributed by atoms with Gasteiger partial charge in [-0.25, -0.2) is 0 Å². The summed E-state index contributed by atoms with van der Waals surface area (Å²) in [5, 5.41) is 13.7. The minimum Gasteiger partial charge on any atom is -0.460 e. The maximum atomic E-state index is 14.9. The van der Waals surface area contributed by atoms with Gasteiger partial charge in [0, 0.05) is 17.4 Å². The van der Waals surface area contributed by atoms with Gasteiger partial charge in [-0.3, -0.25) is 19.2 Å². The molecule has 1 aromatic carbocycles. The number of hydrogen-bond acceptors (Lipinski definition) is 7. The third-order valence-electron chi connectivity index (χ3n) is 8.52. The second-order valence-electron chi connectivity index (χ2n) is 12.0. The zero-order chi connectivity index (χ0) is 31.1. The van der Waals surface area contributed by atoms with Gasteiger partial charge in [-0.15, -0.1) is 0 Å². The van der Waals surface area contributed by atoms with Crippen molar-refractivity contribution in [1.29, 1.82) is 0 Å². The van der Waals surface area contributed by atoms with Crippen LogP contribution in [0.25, 0.3) is 0 Å². The molecule has 232 valence electrons. The molecule has 5 bridgehead atoms. The van der Waals surface area contributed by atoms with Gasteiger partial charge in [0.1, 0.15) is 29.8 Å². The number of aliphatic hydroxyl groups excluding tert-OH is 1. The molecule has 1 aromatic rings. The Bertz CT molecular complexity index is 1350. The van der Waals surface area contributed by atoms with Crippen molar-refractivity contribution in [2.45, 2.75) is 69.9 Å². The predicted octanol–water partition coefficient (Wildman–Crippen LogP) is 3.35. The molecule has 0 aliphatic carbocycles. The van der Waals surface area contributed by atoms with Gasteiger partial charge in [0.2, 0.25) is 11.8 Å². The number of aliphatic hydroxyl groups is 1. The number of amides is 3. The third kappa shape index (κ3) is 5.77. The van der Waals surface area contributed by atoms with E-state index in [9.17, 15) is 24.3 Å². The standard InChI is InChI=1S/C31H37BrClN3O7/c1-17(2)13-19(16-37)36-27-29(40)35(22-10-7-6-9-21(22)33)12-8-4-5-11-23(38)34-15-18(3)42-30(41)24-25(28(36)39)31(27)14-20(32)26(24)43-31/h4,6-10,14,17-19,24-27,37H,5,11-13,15-16H2,1-3H3,(H,34,38)/b8-4-/t18-,19-,24+,25-,26+,27+,31-/m1/s1. The van der Waals surface area contributed by atoms with Gasteiger partial charge in [-0.2, -0.15) is 0 Å². The molecule has 2 N–H and O–H groups in total. The summed E-state index contributed by atoms with van der Waals surface area (Å²) in [6, 6.07) is 5.02. The van der Waals surface area contributed by atoms with Crippen LogP contribution in [0.2, 0.25) is 5.02 Å². The first-order chi connectivity index (χ1) is 20.5. The molecule has 3 amide bonds. The van der Waals surface area contributed by atoms with E-state index in [2.05, 4.69) is 21.2 Å². The highest BCUT2D eigenvalue weighted by molar-refractivity contribution is 9.11. The highest BCUT2D eigenvalue weighted by Crippen LogP contribution is 2.59. The fraction of sp³-hybridized carbons (Fsp3) is 0.548. The van der Waals surface area contributed by atoms with Gasteiger partial charge >= 0.3 is 5.97 Å². The summed E-state index contributed by atoms with van der Waals surface area (Å²) in [6.45, 7) is 5.46. The number of ether oxygens (including phenoxy) is 2. The number of nitrogens with one attached hydrogen (secondary N) is 1. The van der Waals surface area contributed by atoms with Crippen LogP contribution in [0.4, 0.5) is 5.69 Å². The summed E-state index contributed by atoms with van der Waals surface area (Å²) in [7, 11) is 0. The van der Waals surface area contributed by atoms with Crippen molar-refractivity contribution >= 4 is 56.9 Å². The number of carbonyl (C=O) groups excluding carboxylic acids is 4. The van der Waals surface area contributed by atoms with Crippen LogP contribution < -0.4 is 10.2 Å². The lowest BCUT2D eigenvalue weighted by Gasteiger charge is -2.39. The number of allylic oxidation sites excluding steroid dienone is 1. The molecule has 4 aliphatic rings. The topological polar surface area (TPSA) is 125 Å². The van der Waals surface area contributed by atoms with Crippen LogP contribution in [0.5, 0.6) is 0 Å². The number of esters is 1. The van der Waals surface area contributed by atoms with E-state index in [1.807, 2.05) is 19.9 Å². The largest absolute Gasteiger partial charge is 0.460 e. The van der Waals surface area contributed by atoms with Crippen molar-refractivity contribution in [3.05, 3.63) is 52.0 Å². The Labute approximate surface area is 264 Å². The van der Waals surface area contributed by atoms with E-state index in [1.54, 1.807) is 43.3 Å². The summed E-state index contributed by atoms with van der Waals surface area (Å²) in [4.78, 5) is 58.4. The number of halogens is 2. The van der Waals surface area contributed by atoms with Gasteiger partial charge in [-0.1, -0.05) is 65.7 Å². The van der Waals surface area contributed by atoms with E-state index >= 15 is 0 Å². The van der Waals surface area contributed by atoms with Gasteiger partial charge in [0.05, 0.1) is 35.8 Å². The van der Waals surface area contributed by atoms with Gasteiger partial charge in [0.25, 0.3) is 5.91 Å².